The Hall–Kier alpha value is -2.03. The van der Waals surface area contributed by atoms with Crippen LogP contribution in [0.15, 0.2) is 47.3 Å². The van der Waals surface area contributed by atoms with Gasteiger partial charge >= 0.3 is 0 Å². The molecule has 0 saturated heterocycles. The number of aromatic nitrogens is 1. The average Bonchev–Trinajstić information content (AvgIpc) is 2.36. The van der Waals surface area contributed by atoms with Crippen molar-refractivity contribution < 1.29 is 0 Å². The van der Waals surface area contributed by atoms with E-state index < -0.39 is 0 Å². The number of hydrogen-bond donors (Lipinski definition) is 1. The Morgan fingerprint density at radius 2 is 1.82 bits per heavy atom. The van der Waals surface area contributed by atoms with Crippen molar-refractivity contribution >= 4 is 5.69 Å². The number of rotatable bonds is 3. The number of hydrogen-bond acceptors (Lipinski definition) is 2. The monoisotopic (exact) mass is 228 g/mol. The maximum absolute atomic E-state index is 12.0. The minimum Gasteiger partial charge on any atom is -0.394 e. The third kappa shape index (κ3) is 2.23. The van der Waals surface area contributed by atoms with Gasteiger partial charge in [-0.15, -0.1) is 0 Å². The van der Waals surface area contributed by atoms with E-state index >= 15 is 0 Å². The van der Waals surface area contributed by atoms with Crippen LogP contribution >= 0.6 is 0 Å². The van der Waals surface area contributed by atoms with Crippen LogP contribution in [-0.2, 0) is 6.54 Å². The molecule has 0 aliphatic rings. The molecule has 88 valence electrons. The molecule has 3 nitrogen and oxygen atoms in total. The summed E-state index contributed by atoms with van der Waals surface area (Å²) in [6, 6.07) is 13.5. The van der Waals surface area contributed by atoms with Gasteiger partial charge in [-0.1, -0.05) is 37.3 Å². The summed E-state index contributed by atoms with van der Waals surface area (Å²) in [4.78, 5) is 12.0. The van der Waals surface area contributed by atoms with Crippen molar-refractivity contribution in [3.05, 3.63) is 52.8 Å². The third-order valence-corrected chi connectivity index (χ3v) is 2.72. The van der Waals surface area contributed by atoms with Crippen molar-refractivity contribution in [2.24, 2.45) is 0 Å². The third-order valence-electron chi connectivity index (χ3n) is 2.72. The molecule has 17 heavy (non-hydrogen) atoms. The molecule has 0 unspecified atom stereocenters. The first-order valence-corrected chi connectivity index (χ1v) is 5.78. The fraction of sp³-hybridized carbons (Fsp3) is 0.214. The van der Waals surface area contributed by atoms with Gasteiger partial charge in [0.2, 0.25) is 0 Å². The maximum Gasteiger partial charge on any atom is 0.274 e. The number of pyridine rings is 1. The van der Waals surface area contributed by atoms with Gasteiger partial charge in [-0.3, -0.25) is 4.79 Å². The molecule has 1 heterocycles. The molecule has 0 spiro atoms. The molecular weight excluding hydrogens is 212 g/mol. The second-order valence-corrected chi connectivity index (χ2v) is 4.00. The standard InChI is InChI=1S/C14H16N2O/c1-2-10-16-13(9-8-12(15)14(16)17)11-6-4-3-5-7-11/h3-9H,2,10,15H2,1H3. The van der Waals surface area contributed by atoms with E-state index in [1.165, 1.54) is 0 Å². The fourth-order valence-electron chi connectivity index (χ4n) is 1.90. The Bertz CT molecular complexity index is 558. The summed E-state index contributed by atoms with van der Waals surface area (Å²) in [6.45, 7) is 2.73. The molecule has 0 aliphatic carbocycles. The van der Waals surface area contributed by atoms with Crippen LogP contribution in [-0.4, -0.2) is 4.57 Å². The van der Waals surface area contributed by atoms with E-state index in [1.54, 1.807) is 10.6 Å². The number of nitrogens with zero attached hydrogens (tertiary/aromatic N) is 1. The van der Waals surface area contributed by atoms with E-state index in [4.69, 9.17) is 5.73 Å². The van der Waals surface area contributed by atoms with Crippen LogP contribution in [0, 0.1) is 0 Å². The van der Waals surface area contributed by atoms with Crippen molar-refractivity contribution in [2.75, 3.05) is 5.73 Å². The van der Waals surface area contributed by atoms with Crippen molar-refractivity contribution in [1.29, 1.82) is 0 Å². The van der Waals surface area contributed by atoms with Crippen LogP contribution in [0.5, 0.6) is 0 Å². The smallest absolute Gasteiger partial charge is 0.274 e. The normalized spacial score (nSPS) is 10.4. The Labute approximate surface area is 101 Å². The topological polar surface area (TPSA) is 48.0 Å². The van der Waals surface area contributed by atoms with Crippen LogP contribution < -0.4 is 11.3 Å². The SMILES string of the molecule is CCCn1c(-c2ccccc2)ccc(N)c1=O. The number of nitrogen functional groups attached to an aromatic ring is 1. The first-order chi connectivity index (χ1) is 8.24. The minimum atomic E-state index is -0.104. The number of nitrogens with two attached hydrogens (primary N) is 1. The Morgan fingerprint density at radius 3 is 2.47 bits per heavy atom. The van der Waals surface area contributed by atoms with Crippen molar-refractivity contribution in [3.8, 4) is 11.3 Å². The number of anilines is 1. The van der Waals surface area contributed by atoms with Gasteiger partial charge in [0.25, 0.3) is 5.56 Å². The molecule has 0 saturated carbocycles. The van der Waals surface area contributed by atoms with E-state index in [0.29, 0.717) is 12.2 Å². The van der Waals surface area contributed by atoms with Crippen LogP contribution in [0.2, 0.25) is 0 Å². The van der Waals surface area contributed by atoms with Crippen molar-refractivity contribution in [3.63, 3.8) is 0 Å². The lowest BCUT2D eigenvalue weighted by Crippen LogP contribution is -2.24. The first-order valence-electron chi connectivity index (χ1n) is 5.78. The highest BCUT2D eigenvalue weighted by Gasteiger charge is 2.07. The van der Waals surface area contributed by atoms with Gasteiger partial charge in [0, 0.05) is 6.54 Å². The molecule has 0 aliphatic heterocycles. The summed E-state index contributed by atoms with van der Waals surface area (Å²) in [6.07, 6.45) is 0.906. The quantitative estimate of drug-likeness (QED) is 0.877. The van der Waals surface area contributed by atoms with E-state index in [-0.39, 0.29) is 5.56 Å². The maximum atomic E-state index is 12.0. The number of benzene rings is 1. The lowest BCUT2D eigenvalue weighted by molar-refractivity contribution is 0.663. The summed E-state index contributed by atoms with van der Waals surface area (Å²) in [5.74, 6) is 0. The zero-order valence-corrected chi connectivity index (χ0v) is 9.89. The minimum absolute atomic E-state index is 0.104. The lowest BCUT2D eigenvalue weighted by atomic mass is 10.1. The molecule has 3 heteroatoms. The van der Waals surface area contributed by atoms with Crippen molar-refractivity contribution in [2.45, 2.75) is 19.9 Å². The van der Waals surface area contributed by atoms with Gasteiger partial charge < -0.3 is 10.3 Å². The zero-order valence-electron chi connectivity index (χ0n) is 9.89. The Balaban J connectivity index is 2.62. The Kier molecular flexibility index (Phi) is 3.28. The van der Waals surface area contributed by atoms with E-state index in [0.717, 1.165) is 17.7 Å². The summed E-state index contributed by atoms with van der Waals surface area (Å²) in [7, 11) is 0. The van der Waals surface area contributed by atoms with Crippen LogP contribution in [0.3, 0.4) is 0 Å². The highest BCUT2D eigenvalue weighted by atomic mass is 16.1. The molecule has 0 atom stereocenters. The van der Waals surface area contributed by atoms with E-state index in [9.17, 15) is 4.79 Å². The highest BCUT2D eigenvalue weighted by molar-refractivity contribution is 5.61. The fourth-order valence-corrected chi connectivity index (χ4v) is 1.90. The molecule has 1 aromatic carbocycles. The lowest BCUT2D eigenvalue weighted by Gasteiger charge is -2.12. The van der Waals surface area contributed by atoms with Gasteiger partial charge in [0.15, 0.2) is 0 Å². The average molecular weight is 228 g/mol. The van der Waals surface area contributed by atoms with Gasteiger partial charge in [-0.05, 0) is 24.1 Å². The van der Waals surface area contributed by atoms with Crippen molar-refractivity contribution in [1.82, 2.24) is 4.57 Å². The van der Waals surface area contributed by atoms with E-state index in [2.05, 4.69) is 0 Å². The van der Waals surface area contributed by atoms with Crippen LogP contribution in [0.4, 0.5) is 5.69 Å². The molecule has 2 N–H and O–H groups in total. The van der Waals surface area contributed by atoms with Crippen LogP contribution in [0.25, 0.3) is 11.3 Å². The zero-order chi connectivity index (χ0) is 12.3. The predicted molar refractivity (Wildman–Crippen MR) is 70.8 cm³/mol. The summed E-state index contributed by atoms with van der Waals surface area (Å²) >= 11 is 0. The largest absolute Gasteiger partial charge is 0.394 e. The molecular formula is C14H16N2O. The second-order valence-electron chi connectivity index (χ2n) is 4.00. The second kappa shape index (κ2) is 4.87. The molecule has 0 fully saturated rings. The summed E-state index contributed by atoms with van der Waals surface area (Å²) in [5.41, 5.74) is 7.83. The van der Waals surface area contributed by atoms with E-state index in [1.807, 2.05) is 43.3 Å². The molecule has 2 rings (SSSR count). The molecule has 0 bridgehead atoms. The van der Waals surface area contributed by atoms with Gasteiger partial charge in [0.05, 0.1) is 11.4 Å². The Morgan fingerprint density at radius 1 is 1.12 bits per heavy atom. The summed E-state index contributed by atoms with van der Waals surface area (Å²) in [5, 5.41) is 0. The molecule has 1 aromatic heterocycles. The molecule has 0 amide bonds. The molecule has 2 aromatic rings. The van der Waals surface area contributed by atoms with Gasteiger partial charge in [-0.2, -0.15) is 0 Å². The predicted octanol–water partition coefficient (Wildman–Crippen LogP) is 2.51. The molecule has 0 radical (unpaired) electrons. The first kappa shape index (κ1) is 11.5. The van der Waals surface area contributed by atoms with Gasteiger partial charge in [0.1, 0.15) is 0 Å². The highest BCUT2D eigenvalue weighted by Crippen LogP contribution is 2.18. The van der Waals surface area contributed by atoms with Crippen LogP contribution in [0.1, 0.15) is 13.3 Å². The van der Waals surface area contributed by atoms with Gasteiger partial charge in [-0.25, -0.2) is 0 Å². The summed E-state index contributed by atoms with van der Waals surface area (Å²) < 4.78 is 1.74.